The van der Waals surface area contributed by atoms with E-state index >= 15 is 0 Å². The third kappa shape index (κ3) is 4.89. The van der Waals surface area contributed by atoms with E-state index < -0.39 is 14.4 Å². The van der Waals surface area contributed by atoms with Crippen LogP contribution in [-0.2, 0) is 14.0 Å². The summed E-state index contributed by atoms with van der Waals surface area (Å²) in [6.07, 6.45) is 1.21. The van der Waals surface area contributed by atoms with E-state index in [1.54, 1.807) is 0 Å². The third-order valence-electron chi connectivity index (χ3n) is 4.20. The van der Waals surface area contributed by atoms with E-state index in [2.05, 4.69) is 33.9 Å². The van der Waals surface area contributed by atoms with Crippen LogP contribution >= 0.6 is 0 Å². The number of esters is 1. The predicted octanol–water partition coefficient (Wildman–Crippen LogP) is 2.85. The first kappa shape index (κ1) is 16.7. The summed E-state index contributed by atoms with van der Waals surface area (Å²) in [4.78, 5) is 11.0. The molecule has 0 amide bonds. The Labute approximate surface area is 117 Å². The van der Waals surface area contributed by atoms with E-state index in [9.17, 15) is 9.90 Å². The second-order valence-electron chi connectivity index (χ2n) is 7.09. The SMILES string of the molecule is CC(=O)O[C@H]1C[C@@H](O)C[C@@H](O[Si](C)(C)C(C)(C)C)C1. The zero-order valence-corrected chi connectivity index (χ0v) is 14.0. The molecule has 1 aliphatic rings. The topological polar surface area (TPSA) is 55.8 Å². The Bertz CT molecular complexity index is 322. The quantitative estimate of drug-likeness (QED) is 0.641. The largest absolute Gasteiger partial charge is 0.462 e. The molecule has 5 heteroatoms. The minimum absolute atomic E-state index is 0.00556. The zero-order valence-electron chi connectivity index (χ0n) is 13.0. The number of hydrogen-bond acceptors (Lipinski definition) is 4. The Morgan fingerprint density at radius 1 is 1.16 bits per heavy atom. The van der Waals surface area contributed by atoms with Gasteiger partial charge in [0.05, 0.1) is 12.2 Å². The molecule has 4 nitrogen and oxygen atoms in total. The van der Waals surface area contributed by atoms with E-state index in [-0.39, 0.29) is 23.2 Å². The molecule has 1 rings (SSSR count). The van der Waals surface area contributed by atoms with Gasteiger partial charge in [0.15, 0.2) is 8.32 Å². The Morgan fingerprint density at radius 3 is 2.16 bits per heavy atom. The van der Waals surface area contributed by atoms with Crippen LogP contribution in [0.15, 0.2) is 0 Å². The Kier molecular flexibility index (Phi) is 5.20. The van der Waals surface area contributed by atoms with Crippen LogP contribution in [0.1, 0.15) is 47.0 Å². The molecule has 0 bridgehead atoms. The molecule has 0 aliphatic heterocycles. The van der Waals surface area contributed by atoms with Crippen LogP contribution in [0.25, 0.3) is 0 Å². The second-order valence-corrected chi connectivity index (χ2v) is 11.8. The van der Waals surface area contributed by atoms with Gasteiger partial charge in [-0.2, -0.15) is 0 Å². The van der Waals surface area contributed by atoms with Crippen molar-refractivity contribution in [3.63, 3.8) is 0 Å². The van der Waals surface area contributed by atoms with E-state index in [1.807, 2.05) is 0 Å². The average molecular weight is 288 g/mol. The van der Waals surface area contributed by atoms with Crippen molar-refractivity contribution in [1.29, 1.82) is 0 Å². The summed E-state index contributed by atoms with van der Waals surface area (Å²) < 4.78 is 11.5. The van der Waals surface area contributed by atoms with Gasteiger partial charge in [-0.15, -0.1) is 0 Å². The summed E-state index contributed by atoms with van der Waals surface area (Å²) in [5.74, 6) is -0.287. The highest BCUT2D eigenvalue weighted by atomic mass is 28.4. The van der Waals surface area contributed by atoms with Gasteiger partial charge < -0.3 is 14.3 Å². The lowest BCUT2D eigenvalue weighted by Crippen LogP contribution is -2.47. The highest BCUT2D eigenvalue weighted by molar-refractivity contribution is 6.74. The van der Waals surface area contributed by atoms with E-state index in [1.165, 1.54) is 6.92 Å². The minimum Gasteiger partial charge on any atom is -0.462 e. The van der Waals surface area contributed by atoms with E-state index in [0.717, 1.165) is 0 Å². The molecule has 1 aliphatic carbocycles. The van der Waals surface area contributed by atoms with E-state index in [4.69, 9.17) is 9.16 Å². The lowest BCUT2D eigenvalue weighted by Gasteiger charge is -2.42. The second kappa shape index (κ2) is 5.93. The molecule has 0 spiro atoms. The van der Waals surface area contributed by atoms with Crippen LogP contribution in [0.3, 0.4) is 0 Å². The molecule has 0 heterocycles. The van der Waals surface area contributed by atoms with Crippen molar-refractivity contribution in [1.82, 2.24) is 0 Å². The monoisotopic (exact) mass is 288 g/mol. The average Bonchev–Trinajstić information content (AvgIpc) is 2.11. The Morgan fingerprint density at radius 2 is 1.68 bits per heavy atom. The van der Waals surface area contributed by atoms with Crippen LogP contribution < -0.4 is 0 Å². The maximum Gasteiger partial charge on any atom is 0.302 e. The molecule has 19 heavy (non-hydrogen) atoms. The fourth-order valence-electron chi connectivity index (χ4n) is 2.21. The Hall–Kier alpha value is -0.393. The van der Waals surface area contributed by atoms with Crippen LogP contribution in [0.2, 0.25) is 18.1 Å². The molecule has 3 atom stereocenters. The molecule has 0 aromatic carbocycles. The molecule has 0 aromatic rings. The number of carbonyl (C=O) groups is 1. The number of rotatable bonds is 3. The van der Waals surface area contributed by atoms with Crippen molar-refractivity contribution in [3.05, 3.63) is 0 Å². The maximum absolute atomic E-state index is 11.0. The summed E-state index contributed by atoms with van der Waals surface area (Å²) in [6, 6.07) is 0. The minimum atomic E-state index is -1.84. The lowest BCUT2D eigenvalue weighted by molar-refractivity contribution is -0.151. The van der Waals surface area contributed by atoms with Gasteiger partial charge in [0, 0.05) is 19.8 Å². The van der Waals surface area contributed by atoms with Crippen molar-refractivity contribution < 1.29 is 19.1 Å². The maximum atomic E-state index is 11.0. The summed E-state index contributed by atoms with van der Waals surface area (Å²) in [5, 5.41) is 10.1. The number of aliphatic hydroxyl groups is 1. The van der Waals surface area contributed by atoms with Crippen molar-refractivity contribution in [2.75, 3.05) is 0 Å². The van der Waals surface area contributed by atoms with Crippen molar-refractivity contribution >= 4 is 14.3 Å². The molecular weight excluding hydrogens is 260 g/mol. The Balaban J connectivity index is 2.65. The van der Waals surface area contributed by atoms with Gasteiger partial charge in [-0.3, -0.25) is 4.79 Å². The van der Waals surface area contributed by atoms with Crippen LogP contribution in [0.4, 0.5) is 0 Å². The predicted molar refractivity (Wildman–Crippen MR) is 77.5 cm³/mol. The third-order valence-corrected chi connectivity index (χ3v) is 8.73. The molecule has 0 radical (unpaired) electrons. The van der Waals surface area contributed by atoms with Gasteiger partial charge in [0.2, 0.25) is 0 Å². The van der Waals surface area contributed by atoms with Gasteiger partial charge in [-0.1, -0.05) is 20.8 Å². The number of hydrogen-bond donors (Lipinski definition) is 1. The first-order valence-corrected chi connectivity index (χ1v) is 9.95. The van der Waals surface area contributed by atoms with Crippen LogP contribution in [0.5, 0.6) is 0 Å². The fraction of sp³-hybridized carbons (Fsp3) is 0.929. The summed E-state index contributed by atoms with van der Waals surface area (Å²) in [5.41, 5.74) is 0. The highest BCUT2D eigenvalue weighted by Crippen LogP contribution is 2.39. The highest BCUT2D eigenvalue weighted by Gasteiger charge is 2.41. The smallest absolute Gasteiger partial charge is 0.302 e. The van der Waals surface area contributed by atoms with Gasteiger partial charge in [-0.05, 0) is 24.6 Å². The molecule has 112 valence electrons. The summed E-state index contributed by atoms with van der Waals surface area (Å²) >= 11 is 0. The van der Waals surface area contributed by atoms with Gasteiger partial charge in [0.25, 0.3) is 0 Å². The number of ether oxygens (including phenoxy) is 1. The number of carbonyl (C=O) groups excluding carboxylic acids is 1. The fourth-order valence-corrected chi connectivity index (χ4v) is 3.59. The standard InChI is InChI=1S/C14H28O4Si/c1-10(15)17-12-7-11(16)8-13(9-12)18-19(5,6)14(2,3)4/h11-13,16H,7-9H2,1-6H3/t11-,12+,13-/m1/s1. The first-order valence-electron chi connectivity index (χ1n) is 7.04. The van der Waals surface area contributed by atoms with Crippen LogP contribution in [-0.4, -0.2) is 37.7 Å². The molecule has 0 unspecified atom stereocenters. The first-order chi connectivity index (χ1) is 8.51. The van der Waals surface area contributed by atoms with Crippen molar-refractivity contribution in [2.24, 2.45) is 0 Å². The van der Waals surface area contributed by atoms with Gasteiger partial charge >= 0.3 is 5.97 Å². The normalized spacial score (nSPS) is 29.1. The molecule has 1 fully saturated rings. The van der Waals surface area contributed by atoms with Crippen molar-refractivity contribution in [2.45, 2.75) is 83.4 Å². The van der Waals surface area contributed by atoms with Crippen LogP contribution in [0, 0.1) is 0 Å². The number of aliphatic hydroxyl groups excluding tert-OH is 1. The van der Waals surface area contributed by atoms with Crippen molar-refractivity contribution in [3.8, 4) is 0 Å². The molecule has 0 saturated heterocycles. The molecule has 1 N–H and O–H groups in total. The molecule has 0 aromatic heterocycles. The summed E-state index contributed by atoms with van der Waals surface area (Å²) in [6.45, 7) is 12.4. The zero-order chi connectivity index (χ0) is 14.8. The molecular formula is C14H28O4Si. The lowest BCUT2D eigenvalue weighted by atomic mass is 9.92. The van der Waals surface area contributed by atoms with Gasteiger partial charge in [-0.25, -0.2) is 0 Å². The van der Waals surface area contributed by atoms with Gasteiger partial charge in [0.1, 0.15) is 6.10 Å². The van der Waals surface area contributed by atoms with E-state index in [0.29, 0.717) is 19.3 Å². The summed E-state index contributed by atoms with van der Waals surface area (Å²) in [7, 11) is -1.84. The molecule has 1 saturated carbocycles.